The molecule has 0 saturated carbocycles. The number of unbranched alkanes of at least 4 members (excludes halogenated alkanes) is 7. The lowest BCUT2D eigenvalue weighted by molar-refractivity contribution is 0.563. The Morgan fingerprint density at radius 1 is 0.833 bits per heavy atom. The average Bonchev–Trinajstić information content (AvgIpc) is 2.10. The monoisotopic (exact) mass is 186 g/mol. The van der Waals surface area contributed by atoms with Crippen LogP contribution in [0.15, 0.2) is 0 Å². The Labute approximate surface area is 78.8 Å². The third kappa shape index (κ3) is 10.0. The Morgan fingerprint density at radius 3 is 1.83 bits per heavy atom. The van der Waals surface area contributed by atoms with Crippen molar-refractivity contribution in [2.45, 2.75) is 64.3 Å². The van der Waals surface area contributed by atoms with Crippen LogP contribution in [0.25, 0.3) is 0 Å². The van der Waals surface area contributed by atoms with E-state index in [4.69, 9.17) is 0 Å². The van der Waals surface area contributed by atoms with Crippen molar-refractivity contribution in [3.8, 4) is 0 Å². The zero-order valence-electron chi connectivity index (χ0n) is 8.35. The zero-order chi connectivity index (χ0) is 9.07. The van der Waals surface area contributed by atoms with Crippen LogP contribution in [0.3, 0.4) is 0 Å². The first-order valence-corrected chi connectivity index (χ1v) is 6.64. The summed E-state index contributed by atoms with van der Waals surface area (Å²) in [7, 11) is -0.482. The minimum absolute atomic E-state index is 0.482. The molecule has 0 aliphatic heterocycles. The van der Waals surface area contributed by atoms with Gasteiger partial charge in [0.05, 0.1) is 0 Å². The van der Waals surface area contributed by atoms with Crippen LogP contribution in [-0.4, -0.2) is 9.41 Å². The van der Waals surface area contributed by atoms with Gasteiger partial charge < -0.3 is 4.46 Å². The second-order valence-electron chi connectivity index (χ2n) is 3.43. The molecule has 2 heteroatoms. The summed E-state index contributed by atoms with van der Waals surface area (Å²) in [6.07, 6.45) is 10.7. The van der Waals surface area contributed by atoms with Crippen molar-refractivity contribution in [2.75, 3.05) is 0 Å². The lowest BCUT2D eigenvalue weighted by Gasteiger charge is -1.98. The largest absolute Gasteiger partial charge is 0.392 e. The fraction of sp³-hybridized carbons (Fsp3) is 1.00. The maximum absolute atomic E-state index is 10.2. The molecule has 12 heavy (non-hydrogen) atoms. The fourth-order valence-electron chi connectivity index (χ4n) is 1.36. The van der Waals surface area contributed by atoms with E-state index in [-0.39, 0.29) is 0 Å². The van der Waals surface area contributed by atoms with Crippen LogP contribution in [-0.2, 0) is 4.46 Å². The van der Waals surface area contributed by atoms with E-state index in [9.17, 15) is 4.46 Å². The molecule has 0 aromatic rings. The summed E-state index contributed by atoms with van der Waals surface area (Å²) in [4.78, 5) is 0. The first kappa shape index (κ1) is 12.0. The molecule has 0 atom stereocenters. The van der Waals surface area contributed by atoms with E-state index in [1.165, 1.54) is 51.4 Å². The second-order valence-corrected chi connectivity index (χ2v) is 4.34. The van der Waals surface area contributed by atoms with E-state index < -0.39 is 9.41 Å². The number of rotatable bonds is 9. The zero-order valence-corrected chi connectivity index (χ0v) is 9.50. The van der Waals surface area contributed by atoms with Crippen molar-refractivity contribution in [3.05, 3.63) is 0 Å². The molecular weight excluding hydrogens is 164 g/mol. The lowest BCUT2D eigenvalue weighted by Crippen LogP contribution is -1.81. The van der Waals surface area contributed by atoms with Crippen LogP contribution in [0, 0.1) is 0 Å². The van der Waals surface area contributed by atoms with Gasteiger partial charge >= 0.3 is 0 Å². The van der Waals surface area contributed by atoms with Gasteiger partial charge in [-0.2, -0.15) is 0 Å². The van der Waals surface area contributed by atoms with E-state index in [1.807, 2.05) is 0 Å². The van der Waals surface area contributed by atoms with Crippen LogP contribution in [0.2, 0.25) is 6.04 Å². The number of hydrogen-bond donors (Lipinski definition) is 0. The molecule has 0 aliphatic rings. The van der Waals surface area contributed by atoms with E-state index in [0.29, 0.717) is 0 Å². The summed E-state index contributed by atoms with van der Waals surface area (Å²) in [6, 6.07) is 0.967. The molecule has 1 nitrogen and oxygen atoms in total. The standard InChI is InChI=1S/C10H22OSi/c1-2-3-4-5-6-7-8-9-10-12-11/h12H,2-10H2,1H3. The molecule has 0 aromatic heterocycles. The minimum atomic E-state index is -0.482. The highest BCUT2D eigenvalue weighted by atomic mass is 28.2. The average molecular weight is 186 g/mol. The molecule has 0 spiro atoms. The van der Waals surface area contributed by atoms with Gasteiger partial charge in [0, 0.05) is 0 Å². The van der Waals surface area contributed by atoms with Gasteiger partial charge in [-0.05, 0) is 6.04 Å². The van der Waals surface area contributed by atoms with Crippen molar-refractivity contribution in [3.63, 3.8) is 0 Å². The van der Waals surface area contributed by atoms with Crippen LogP contribution < -0.4 is 0 Å². The Morgan fingerprint density at radius 2 is 1.33 bits per heavy atom. The Balaban J connectivity index is 2.77. The van der Waals surface area contributed by atoms with Gasteiger partial charge in [-0.3, -0.25) is 0 Å². The van der Waals surface area contributed by atoms with Crippen LogP contribution in [0.4, 0.5) is 0 Å². The smallest absolute Gasteiger partial charge is 0.261 e. The highest BCUT2D eigenvalue weighted by Gasteiger charge is 1.90. The van der Waals surface area contributed by atoms with Crippen LogP contribution in [0.1, 0.15) is 58.3 Å². The van der Waals surface area contributed by atoms with Crippen molar-refractivity contribution in [2.24, 2.45) is 0 Å². The molecule has 0 bridgehead atoms. The molecule has 0 unspecified atom stereocenters. The summed E-state index contributed by atoms with van der Waals surface area (Å²) in [5, 5.41) is 0. The summed E-state index contributed by atoms with van der Waals surface area (Å²) in [6.45, 7) is 2.25. The molecule has 0 amide bonds. The molecule has 0 rings (SSSR count). The first-order valence-electron chi connectivity index (χ1n) is 5.35. The Kier molecular flexibility index (Phi) is 11.0. The third-order valence-electron chi connectivity index (χ3n) is 2.18. The number of hydrogen-bond acceptors (Lipinski definition) is 1. The molecule has 0 N–H and O–H groups in total. The van der Waals surface area contributed by atoms with E-state index in [1.54, 1.807) is 0 Å². The summed E-state index contributed by atoms with van der Waals surface area (Å²) >= 11 is 0. The molecule has 0 fully saturated rings. The molecule has 72 valence electrons. The molecule has 0 aromatic carbocycles. The van der Waals surface area contributed by atoms with Gasteiger partial charge in [-0.1, -0.05) is 58.3 Å². The van der Waals surface area contributed by atoms with E-state index in [2.05, 4.69) is 6.92 Å². The van der Waals surface area contributed by atoms with Crippen LogP contribution in [0.5, 0.6) is 0 Å². The van der Waals surface area contributed by atoms with Crippen LogP contribution >= 0.6 is 0 Å². The maximum Gasteiger partial charge on any atom is 0.261 e. The fourth-order valence-corrected chi connectivity index (χ4v) is 1.82. The SMILES string of the molecule is CCCCCCCCCC[SiH]=O. The predicted octanol–water partition coefficient (Wildman–Crippen LogP) is 3.33. The van der Waals surface area contributed by atoms with Crippen molar-refractivity contribution in [1.29, 1.82) is 0 Å². The second kappa shape index (κ2) is 11.0. The molecule has 0 saturated heterocycles. The topological polar surface area (TPSA) is 17.1 Å². The highest BCUT2D eigenvalue weighted by Crippen LogP contribution is 2.08. The summed E-state index contributed by atoms with van der Waals surface area (Å²) < 4.78 is 10.2. The minimum Gasteiger partial charge on any atom is -0.392 e. The summed E-state index contributed by atoms with van der Waals surface area (Å²) in [5.74, 6) is 0. The van der Waals surface area contributed by atoms with Crippen molar-refractivity contribution in [1.82, 2.24) is 0 Å². The van der Waals surface area contributed by atoms with Crippen molar-refractivity contribution < 1.29 is 4.46 Å². The Bertz CT molecular complexity index is 93.8. The van der Waals surface area contributed by atoms with Gasteiger partial charge in [0.1, 0.15) is 0 Å². The first-order chi connectivity index (χ1) is 5.91. The van der Waals surface area contributed by atoms with Gasteiger partial charge in [0.2, 0.25) is 0 Å². The molecular formula is C10H22OSi. The molecule has 0 heterocycles. The molecule has 0 radical (unpaired) electrons. The van der Waals surface area contributed by atoms with Gasteiger partial charge in [-0.25, -0.2) is 0 Å². The highest BCUT2D eigenvalue weighted by molar-refractivity contribution is 6.16. The van der Waals surface area contributed by atoms with E-state index >= 15 is 0 Å². The van der Waals surface area contributed by atoms with Crippen molar-refractivity contribution >= 4 is 9.41 Å². The normalized spacial score (nSPS) is 10.1. The quantitative estimate of drug-likeness (QED) is 0.399. The maximum atomic E-state index is 10.2. The van der Waals surface area contributed by atoms with Gasteiger partial charge in [-0.15, -0.1) is 0 Å². The van der Waals surface area contributed by atoms with E-state index in [0.717, 1.165) is 6.04 Å². The third-order valence-corrected chi connectivity index (χ3v) is 2.82. The van der Waals surface area contributed by atoms with Gasteiger partial charge in [0.25, 0.3) is 9.41 Å². The molecule has 0 aliphatic carbocycles. The van der Waals surface area contributed by atoms with Gasteiger partial charge in [0.15, 0.2) is 0 Å². The lowest BCUT2D eigenvalue weighted by atomic mass is 10.1. The Hall–Kier alpha value is 0.0169. The predicted molar refractivity (Wildman–Crippen MR) is 55.3 cm³/mol. The summed E-state index contributed by atoms with van der Waals surface area (Å²) in [5.41, 5.74) is 0.